The van der Waals surface area contributed by atoms with Gasteiger partial charge in [0.05, 0.1) is 17.8 Å². The third-order valence-corrected chi connectivity index (χ3v) is 3.51. The van der Waals surface area contributed by atoms with E-state index in [1.165, 1.54) is 0 Å². The van der Waals surface area contributed by atoms with E-state index in [0.717, 1.165) is 5.69 Å². The van der Waals surface area contributed by atoms with Gasteiger partial charge in [0.15, 0.2) is 0 Å². The molecule has 6 heteroatoms. The van der Waals surface area contributed by atoms with Crippen LogP contribution in [0.5, 0.6) is 5.75 Å². The molecule has 1 aromatic heterocycles. The molecular weight excluding hydrogens is 302 g/mol. The van der Waals surface area contributed by atoms with Gasteiger partial charge in [-0.25, -0.2) is 4.79 Å². The summed E-state index contributed by atoms with van der Waals surface area (Å²) in [5, 5.41) is 3.21. The average molecular weight is 320 g/mol. The normalized spacial score (nSPS) is 10.1. The predicted molar refractivity (Wildman–Crippen MR) is 87.6 cm³/mol. The maximum atomic E-state index is 12.1. The number of carbonyl (C=O) groups is 1. The Morgan fingerprint density at radius 2 is 2.18 bits per heavy atom. The number of likely N-dealkylation sites (N-methyl/N-ethyl adjacent to an activating group) is 1. The van der Waals surface area contributed by atoms with Crippen molar-refractivity contribution >= 4 is 23.3 Å². The fourth-order valence-electron chi connectivity index (χ4n) is 1.86. The molecule has 0 aliphatic carbocycles. The fraction of sp³-hybridized carbons (Fsp3) is 0.250. The van der Waals surface area contributed by atoms with E-state index in [-0.39, 0.29) is 6.03 Å². The second-order valence-corrected chi connectivity index (χ2v) is 5.18. The highest BCUT2D eigenvalue weighted by atomic mass is 35.5. The van der Waals surface area contributed by atoms with Crippen molar-refractivity contribution in [1.82, 2.24) is 9.88 Å². The minimum atomic E-state index is -0.219. The van der Waals surface area contributed by atoms with E-state index >= 15 is 0 Å². The van der Waals surface area contributed by atoms with Crippen molar-refractivity contribution in [2.45, 2.75) is 6.42 Å². The number of amides is 2. The summed E-state index contributed by atoms with van der Waals surface area (Å²) in [5.41, 5.74) is 1.50. The van der Waals surface area contributed by atoms with Crippen molar-refractivity contribution < 1.29 is 9.53 Å². The van der Waals surface area contributed by atoms with Gasteiger partial charge in [-0.15, -0.1) is 0 Å². The zero-order valence-electron chi connectivity index (χ0n) is 12.5. The van der Waals surface area contributed by atoms with Crippen LogP contribution in [0, 0.1) is 0 Å². The molecule has 1 heterocycles. The van der Waals surface area contributed by atoms with E-state index < -0.39 is 0 Å². The molecule has 0 saturated heterocycles. The van der Waals surface area contributed by atoms with E-state index in [4.69, 9.17) is 16.3 Å². The molecule has 0 aliphatic heterocycles. The molecule has 1 N–H and O–H groups in total. The summed E-state index contributed by atoms with van der Waals surface area (Å²) in [4.78, 5) is 18.0. The molecule has 0 bridgehead atoms. The Bertz CT molecular complexity index is 635. The number of carbonyl (C=O) groups excluding carboxylic acids is 1. The summed E-state index contributed by atoms with van der Waals surface area (Å²) in [6.07, 6.45) is 2.44. The summed E-state index contributed by atoms with van der Waals surface area (Å²) >= 11 is 6.11. The molecule has 5 nitrogen and oxygen atoms in total. The second-order valence-electron chi connectivity index (χ2n) is 4.77. The molecule has 0 fully saturated rings. The van der Waals surface area contributed by atoms with Gasteiger partial charge in [0, 0.05) is 38.0 Å². The molecule has 0 spiro atoms. The number of anilines is 1. The summed E-state index contributed by atoms with van der Waals surface area (Å²) in [6.45, 7) is 0.566. The van der Waals surface area contributed by atoms with Crippen molar-refractivity contribution in [3.05, 3.63) is 53.3 Å². The summed E-state index contributed by atoms with van der Waals surface area (Å²) in [5.74, 6) is 0.645. The molecule has 0 saturated carbocycles. The topological polar surface area (TPSA) is 54.5 Å². The summed E-state index contributed by atoms with van der Waals surface area (Å²) < 4.78 is 5.08. The zero-order valence-corrected chi connectivity index (χ0v) is 13.3. The Morgan fingerprint density at radius 3 is 2.82 bits per heavy atom. The van der Waals surface area contributed by atoms with Crippen LogP contribution in [0.15, 0.2) is 42.6 Å². The highest BCUT2D eigenvalue weighted by Crippen LogP contribution is 2.26. The smallest absolute Gasteiger partial charge is 0.321 e. The standard InChI is InChI=1S/C16H18ClN3O2/c1-20(10-8-12-5-3-4-9-18-12)16(21)19-15-7-6-13(22-2)11-14(15)17/h3-7,9,11H,8,10H2,1-2H3,(H,19,21). The monoisotopic (exact) mass is 319 g/mol. The highest BCUT2D eigenvalue weighted by Gasteiger charge is 2.11. The van der Waals surface area contributed by atoms with Crippen LogP contribution in [-0.2, 0) is 6.42 Å². The molecule has 2 aromatic rings. The quantitative estimate of drug-likeness (QED) is 0.918. The Morgan fingerprint density at radius 1 is 1.36 bits per heavy atom. The van der Waals surface area contributed by atoms with Crippen LogP contribution in [0.4, 0.5) is 10.5 Å². The first-order chi connectivity index (χ1) is 10.6. The van der Waals surface area contributed by atoms with Gasteiger partial charge in [-0.05, 0) is 24.3 Å². The van der Waals surface area contributed by atoms with E-state index in [1.807, 2.05) is 18.2 Å². The largest absolute Gasteiger partial charge is 0.497 e. The number of hydrogen-bond acceptors (Lipinski definition) is 3. The molecule has 0 unspecified atom stereocenters. The number of nitrogens with zero attached hydrogens (tertiary/aromatic N) is 2. The van der Waals surface area contributed by atoms with Crippen LogP contribution in [0.2, 0.25) is 5.02 Å². The van der Waals surface area contributed by atoms with Crippen LogP contribution >= 0.6 is 11.6 Å². The number of ether oxygens (including phenoxy) is 1. The van der Waals surface area contributed by atoms with Gasteiger partial charge >= 0.3 is 6.03 Å². The van der Waals surface area contributed by atoms with Crippen LogP contribution in [-0.4, -0.2) is 36.6 Å². The maximum absolute atomic E-state index is 12.1. The second kappa shape index (κ2) is 7.66. The van der Waals surface area contributed by atoms with Crippen LogP contribution < -0.4 is 10.1 Å². The number of pyridine rings is 1. The Kier molecular flexibility index (Phi) is 5.61. The highest BCUT2D eigenvalue weighted by molar-refractivity contribution is 6.33. The number of methoxy groups -OCH3 is 1. The van der Waals surface area contributed by atoms with Gasteiger partial charge in [0.2, 0.25) is 0 Å². The van der Waals surface area contributed by atoms with Crippen LogP contribution in [0.1, 0.15) is 5.69 Å². The summed E-state index contributed by atoms with van der Waals surface area (Å²) in [6, 6.07) is 10.6. The Labute approximate surface area is 134 Å². The van der Waals surface area contributed by atoms with Crippen molar-refractivity contribution in [3.8, 4) is 5.75 Å². The average Bonchev–Trinajstić information content (AvgIpc) is 2.55. The first-order valence-corrected chi connectivity index (χ1v) is 7.23. The molecular formula is C16H18ClN3O2. The van der Waals surface area contributed by atoms with Gasteiger partial charge in [-0.2, -0.15) is 0 Å². The lowest BCUT2D eigenvalue weighted by molar-refractivity contribution is 0.223. The number of rotatable bonds is 5. The maximum Gasteiger partial charge on any atom is 0.321 e. The predicted octanol–water partition coefficient (Wildman–Crippen LogP) is 3.45. The van der Waals surface area contributed by atoms with Crippen molar-refractivity contribution in [2.75, 3.05) is 26.0 Å². The van der Waals surface area contributed by atoms with Gasteiger partial charge in [0.25, 0.3) is 0 Å². The van der Waals surface area contributed by atoms with Crippen molar-refractivity contribution in [2.24, 2.45) is 0 Å². The molecule has 2 amide bonds. The first kappa shape index (κ1) is 16.1. The van der Waals surface area contributed by atoms with E-state index in [0.29, 0.717) is 29.4 Å². The molecule has 2 rings (SSSR count). The molecule has 0 aliphatic rings. The number of urea groups is 1. The lowest BCUT2D eigenvalue weighted by atomic mass is 10.2. The van der Waals surface area contributed by atoms with Gasteiger partial charge in [-0.3, -0.25) is 4.98 Å². The van der Waals surface area contributed by atoms with Gasteiger partial charge in [-0.1, -0.05) is 17.7 Å². The van der Waals surface area contributed by atoms with Gasteiger partial charge < -0.3 is 15.0 Å². The number of nitrogens with one attached hydrogen (secondary N) is 1. The zero-order chi connectivity index (χ0) is 15.9. The molecule has 0 radical (unpaired) electrons. The third-order valence-electron chi connectivity index (χ3n) is 3.19. The first-order valence-electron chi connectivity index (χ1n) is 6.85. The van der Waals surface area contributed by atoms with Crippen molar-refractivity contribution in [3.63, 3.8) is 0 Å². The SMILES string of the molecule is COc1ccc(NC(=O)N(C)CCc2ccccn2)c(Cl)c1. The van der Waals surface area contributed by atoms with E-state index in [2.05, 4.69) is 10.3 Å². The minimum absolute atomic E-state index is 0.219. The molecule has 22 heavy (non-hydrogen) atoms. The lowest BCUT2D eigenvalue weighted by Gasteiger charge is -2.18. The Balaban J connectivity index is 1.91. The third kappa shape index (κ3) is 4.36. The molecule has 116 valence electrons. The number of hydrogen-bond donors (Lipinski definition) is 1. The summed E-state index contributed by atoms with van der Waals surface area (Å²) in [7, 11) is 3.30. The van der Waals surface area contributed by atoms with E-state index in [1.54, 1.807) is 43.5 Å². The Hall–Kier alpha value is -2.27. The lowest BCUT2D eigenvalue weighted by Crippen LogP contribution is -2.33. The molecule has 0 atom stereocenters. The fourth-order valence-corrected chi connectivity index (χ4v) is 2.08. The minimum Gasteiger partial charge on any atom is -0.497 e. The number of halogens is 1. The number of benzene rings is 1. The number of aromatic nitrogens is 1. The van der Waals surface area contributed by atoms with E-state index in [9.17, 15) is 4.79 Å². The molecule has 1 aromatic carbocycles. The van der Waals surface area contributed by atoms with Crippen molar-refractivity contribution in [1.29, 1.82) is 0 Å². The van der Waals surface area contributed by atoms with Crippen LogP contribution in [0.25, 0.3) is 0 Å². The van der Waals surface area contributed by atoms with Gasteiger partial charge in [0.1, 0.15) is 5.75 Å². The van der Waals surface area contributed by atoms with Crippen LogP contribution in [0.3, 0.4) is 0 Å².